The van der Waals surface area contributed by atoms with Gasteiger partial charge < -0.3 is 27.1 Å². The van der Waals surface area contributed by atoms with Gasteiger partial charge in [-0.3, -0.25) is 19.3 Å². The van der Waals surface area contributed by atoms with Crippen LogP contribution >= 0.6 is 46.2 Å². The van der Waals surface area contributed by atoms with Gasteiger partial charge >= 0.3 is 5.97 Å². The average Bonchev–Trinajstić information content (AvgIpc) is 3.55. The number of imidazole rings is 1. The molecule has 38 heavy (non-hydrogen) atoms. The monoisotopic (exact) mass is 595 g/mol. The van der Waals surface area contributed by atoms with Gasteiger partial charge in [-0.25, -0.2) is 19.3 Å². The number of β-lactam (4-membered cyclic amide) rings is 1. The highest BCUT2D eigenvalue weighted by Crippen LogP contribution is 2.42. The lowest BCUT2D eigenvalue weighted by molar-refractivity contribution is -0.150. The Morgan fingerprint density at radius 3 is 2.74 bits per heavy atom. The van der Waals surface area contributed by atoms with E-state index in [2.05, 4.69) is 25.5 Å². The van der Waals surface area contributed by atoms with E-state index < -0.39 is 40.8 Å². The molecule has 2 atom stereocenters. The molecule has 2 aliphatic rings. The van der Waals surface area contributed by atoms with E-state index in [0.29, 0.717) is 26.3 Å². The minimum absolute atomic E-state index is 0.00469. The second-order valence-electron chi connectivity index (χ2n) is 7.90. The molecule has 198 valence electrons. The van der Waals surface area contributed by atoms with Crippen LogP contribution in [0, 0.1) is 0 Å². The number of aliphatic carboxylic acids is 1. The van der Waals surface area contributed by atoms with Crippen molar-refractivity contribution in [3.63, 3.8) is 0 Å². The Kier molecular flexibility index (Phi) is 6.99. The largest absolute Gasteiger partial charge is 0.477 e. The van der Waals surface area contributed by atoms with Crippen LogP contribution in [-0.2, 0) is 25.6 Å². The third-order valence-electron chi connectivity index (χ3n) is 5.42. The first-order valence-electron chi connectivity index (χ1n) is 10.6. The van der Waals surface area contributed by atoms with Crippen LogP contribution in [0.5, 0.6) is 0 Å². The average molecular weight is 596 g/mol. The third-order valence-corrected chi connectivity index (χ3v) is 9.57. The first-order valence-corrected chi connectivity index (χ1v) is 14.3. The molecule has 3 aromatic rings. The topological polar surface area (TPSA) is 231 Å². The second-order valence-corrected chi connectivity index (χ2v) is 12.1. The fourth-order valence-corrected chi connectivity index (χ4v) is 7.79. The molecule has 0 radical (unpaired) electrons. The first kappa shape index (κ1) is 25.9. The van der Waals surface area contributed by atoms with Crippen molar-refractivity contribution in [2.45, 2.75) is 22.2 Å². The number of nitrogens with two attached hydrogens (primary N) is 2. The normalized spacial score (nSPS) is 19.4. The summed E-state index contributed by atoms with van der Waals surface area (Å²) in [6, 6.07) is -1.01. The molecule has 2 aliphatic heterocycles. The summed E-state index contributed by atoms with van der Waals surface area (Å²) in [6.07, 6.45) is 1.61. The van der Waals surface area contributed by atoms with Crippen LogP contribution in [0.2, 0.25) is 0 Å². The highest BCUT2D eigenvalue weighted by molar-refractivity contribution is 8.02. The molecule has 0 spiro atoms. The van der Waals surface area contributed by atoms with Crippen molar-refractivity contribution in [3.8, 4) is 0 Å². The lowest BCUT2D eigenvalue weighted by Gasteiger charge is -2.49. The number of carbonyl (C=O) groups excluding carboxylic acids is 3. The van der Waals surface area contributed by atoms with Gasteiger partial charge in [-0.05, 0) is 5.57 Å². The maximum absolute atomic E-state index is 12.9. The van der Waals surface area contributed by atoms with E-state index in [1.165, 1.54) is 44.8 Å². The molecule has 5 rings (SSSR count). The maximum atomic E-state index is 12.9. The fraction of sp³-hybridized carbons (Fsp3) is 0.263. The van der Waals surface area contributed by atoms with Crippen molar-refractivity contribution < 1.29 is 29.5 Å². The molecule has 3 amide bonds. The summed E-state index contributed by atoms with van der Waals surface area (Å²) in [5.41, 5.74) is 11.3. The zero-order valence-corrected chi connectivity index (χ0v) is 22.2. The number of rotatable bonds is 9. The number of oxime groups is 1. The molecule has 7 N–H and O–H groups in total. The molecule has 0 aliphatic carbocycles. The first-order chi connectivity index (χ1) is 18.2. The number of carboxylic acid groups (broad SMARTS) is 1. The van der Waals surface area contributed by atoms with Crippen LogP contribution in [0.15, 0.2) is 32.3 Å². The zero-order valence-electron chi connectivity index (χ0n) is 18.9. The van der Waals surface area contributed by atoms with Crippen LogP contribution in [0.1, 0.15) is 11.4 Å². The molecule has 1 saturated heterocycles. The summed E-state index contributed by atoms with van der Waals surface area (Å²) in [7, 11) is 0. The zero-order chi connectivity index (χ0) is 27.1. The summed E-state index contributed by atoms with van der Waals surface area (Å²) in [6.45, 7) is 0. The molecule has 19 heteroatoms. The Bertz CT molecular complexity index is 1510. The lowest BCUT2D eigenvalue weighted by Crippen LogP contribution is -2.71. The number of carbonyl (C=O) groups is 4. The Morgan fingerprint density at radius 2 is 2.11 bits per heavy atom. The number of thioether (sulfide) groups is 2. The number of anilines is 1. The summed E-state index contributed by atoms with van der Waals surface area (Å²) in [5.74, 6) is -2.62. The quantitative estimate of drug-likeness (QED) is 0.0697. The van der Waals surface area contributed by atoms with Gasteiger partial charge in [0.15, 0.2) is 15.2 Å². The van der Waals surface area contributed by atoms with Gasteiger partial charge in [0.1, 0.15) is 22.8 Å². The third kappa shape index (κ3) is 4.79. The van der Waals surface area contributed by atoms with Gasteiger partial charge in [-0.15, -0.1) is 28.2 Å². The molecular formula is C19H17N9O6S4. The van der Waals surface area contributed by atoms with E-state index in [4.69, 9.17) is 11.5 Å². The molecular weight excluding hydrogens is 579 g/mol. The van der Waals surface area contributed by atoms with Crippen LogP contribution < -0.4 is 16.8 Å². The Balaban J connectivity index is 1.27. The van der Waals surface area contributed by atoms with E-state index in [9.17, 15) is 29.5 Å². The number of nitrogens with zero attached hydrogens (tertiary/aromatic N) is 6. The highest BCUT2D eigenvalue weighted by Gasteiger charge is 2.54. The van der Waals surface area contributed by atoms with Gasteiger partial charge in [0.25, 0.3) is 11.8 Å². The number of carboxylic acids is 1. The summed E-state index contributed by atoms with van der Waals surface area (Å²) < 4.78 is 2.15. The molecule has 5 heterocycles. The molecule has 0 bridgehead atoms. The van der Waals surface area contributed by atoms with E-state index in [0.717, 1.165) is 16.2 Å². The number of hydrogen-bond acceptors (Lipinski definition) is 14. The minimum Gasteiger partial charge on any atom is -0.477 e. The van der Waals surface area contributed by atoms with Gasteiger partial charge in [-0.2, -0.15) is 0 Å². The van der Waals surface area contributed by atoms with Crippen LogP contribution in [0.3, 0.4) is 0 Å². The maximum Gasteiger partial charge on any atom is 0.352 e. The molecule has 15 nitrogen and oxygen atoms in total. The minimum atomic E-state index is -1.26. The number of nitrogens with one attached hydrogen (secondary N) is 1. The van der Waals surface area contributed by atoms with Crippen molar-refractivity contribution in [3.05, 3.63) is 34.2 Å². The summed E-state index contributed by atoms with van der Waals surface area (Å²) in [5, 5.41) is 30.0. The molecule has 1 fully saturated rings. The Morgan fingerprint density at radius 1 is 1.32 bits per heavy atom. The number of primary amides is 1. The van der Waals surface area contributed by atoms with Crippen LogP contribution in [-0.4, -0.2) is 87.1 Å². The predicted octanol–water partition coefficient (Wildman–Crippen LogP) is -0.433. The standard InChI is InChI=1S/C19H17N9O6S4/c20-9(29)1-7-2-27-18(22-7)38-19(25-27)37-4-6-3-35-15-11(14(31)28(15)12(6)16(32)33)24-13(30)10(26-34)8-5-36-17(21)23-8/h2,5,11,15,34H,1,3-4H2,(H2,20,29)(H2,21,23)(H,24,30)(H,32,33)/b26-10-/t11-,15-/m1/s1. The number of fused-ring (bicyclic) bond motifs is 2. The number of thiazole rings is 1. The van der Waals surface area contributed by atoms with Gasteiger partial charge in [0.2, 0.25) is 10.9 Å². The van der Waals surface area contributed by atoms with Gasteiger partial charge in [0, 0.05) is 16.9 Å². The summed E-state index contributed by atoms with van der Waals surface area (Å²) in [4.78, 5) is 58.7. The summed E-state index contributed by atoms with van der Waals surface area (Å²) >= 11 is 4.93. The number of hydrogen-bond donors (Lipinski definition) is 5. The molecule has 0 saturated carbocycles. The molecule has 0 aromatic carbocycles. The van der Waals surface area contributed by atoms with Crippen LogP contribution in [0.4, 0.5) is 5.13 Å². The van der Waals surface area contributed by atoms with E-state index in [-0.39, 0.29) is 28.7 Å². The SMILES string of the molecule is NC(=O)Cc1cn2nc(SCC3=C(C(=O)O)N4C(=O)[C@@H](NC(=O)/C(=N\O)c5csc(N)n5)[C@H]4SC3)sc2n1. The molecule has 3 aromatic heterocycles. The van der Waals surface area contributed by atoms with E-state index in [1.807, 2.05) is 0 Å². The Hall–Kier alpha value is -3.68. The number of aromatic nitrogens is 4. The van der Waals surface area contributed by atoms with Crippen LogP contribution in [0.25, 0.3) is 4.96 Å². The van der Waals surface area contributed by atoms with Gasteiger partial charge in [0.05, 0.1) is 18.3 Å². The predicted molar refractivity (Wildman–Crippen MR) is 139 cm³/mol. The van der Waals surface area contributed by atoms with Crippen molar-refractivity contribution in [2.24, 2.45) is 10.9 Å². The van der Waals surface area contributed by atoms with E-state index >= 15 is 0 Å². The number of amides is 3. The van der Waals surface area contributed by atoms with Crippen molar-refractivity contribution >= 4 is 85.7 Å². The lowest BCUT2D eigenvalue weighted by atomic mass is 10.0. The van der Waals surface area contributed by atoms with E-state index in [1.54, 1.807) is 6.20 Å². The fourth-order valence-electron chi connectivity index (χ4n) is 3.81. The second kappa shape index (κ2) is 10.2. The highest BCUT2D eigenvalue weighted by atomic mass is 32.2. The Labute approximate surface area is 229 Å². The van der Waals surface area contributed by atoms with Crippen molar-refractivity contribution in [2.75, 3.05) is 17.2 Å². The van der Waals surface area contributed by atoms with Gasteiger partial charge in [-0.1, -0.05) is 28.3 Å². The molecule has 0 unspecified atom stereocenters. The van der Waals surface area contributed by atoms with Crippen molar-refractivity contribution in [1.82, 2.24) is 29.8 Å². The van der Waals surface area contributed by atoms with Crippen molar-refractivity contribution in [1.29, 1.82) is 0 Å². The smallest absolute Gasteiger partial charge is 0.352 e. The number of nitrogen functional groups attached to an aromatic ring is 1.